The van der Waals surface area contributed by atoms with Gasteiger partial charge in [-0.05, 0) is 23.8 Å². The van der Waals surface area contributed by atoms with E-state index in [0.717, 1.165) is 10.4 Å². The van der Waals surface area contributed by atoms with Crippen LogP contribution in [-0.4, -0.2) is 55.9 Å². The van der Waals surface area contributed by atoms with Crippen LogP contribution >= 0.6 is 11.3 Å². The van der Waals surface area contributed by atoms with Gasteiger partial charge >= 0.3 is 0 Å². The van der Waals surface area contributed by atoms with E-state index in [4.69, 9.17) is 14.9 Å². The van der Waals surface area contributed by atoms with Gasteiger partial charge in [-0.1, -0.05) is 0 Å². The minimum atomic E-state index is -0.612. The molecule has 4 N–H and O–H groups in total. The van der Waals surface area contributed by atoms with Crippen molar-refractivity contribution in [1.29, 1.82) is 5.41 Å². The Hall–Kier alpha value is -3.24. The Morgan fingerprint density at radius 1 is 1.17 bits per heavy atom. The molecule has 0 atom stereocenters. The monoisotopic (exact) mass is 415 g/mol. The van der Waals surface area contributed by atoms with Gasteiger partial charge in [-0.3, -0.25) is 15.0 Å². The van der Waals surface area contributed by atoms with Crippen LogP contribution in [0.5, 0.6) is 5.88 Å². The van der Waals surface area contributed by atoms with Crippen molar-refractivity contribution in [1.82, 2.24) is 20.9 Å². The second-order valence-electron chi connectivity index (χ2n) is 5.94. The van der Waals surface area contributed by atoms with Crippen molar-refractivity contribution in [2.24, 2.45) is 0 Å². The number of nitrogens with one attached hydrogen (secondary N) is 4. The van der Waals surface area contributed by atoms with Gasteiger partial charge in [0.2, 0.25) is 5.88 Å². The third-order valence-corrected chi connectivity index (χ3v) is 5.03. The Morgan fingerprint density at radius 2 is 2.00 bits per heavy atom. The Morgan fingerprint density at radius 3 is 2.83 bits per heavy atom. The van der Waals surface area contributed by atoms with Crippen molar-refractivity contribution in [3.05, 3.63) is 47.2 Å². The summed E-state index contributed by atoms with van der Waals surface area (Å²) in [6.45, 7) is 1.14. The summed E-state index contributed by atoms with van der Waals surface area (Å²) in [6.07, 6.45) is 3.05. The van der Waals surface area contributed by atoms with Crippen molar-refractivity contribution >= 4 is 28.9 Å². The third-order valence-electron chi connectivity index (χ3n) is 3.89. The molecule has 10 heteroatoms. The molecule has 0 spiro atoms. The number of hydrogen-bond acceptors (Lipinski definition) is 8. The zero-order chi connectivity index (χ0) is 20.6. The lowest BCUT2D eigenvalue weighted by atomic mass is 10.2. The summed E-state index contributed by atoms with van der Waals surface area (Å²) >= 11 is 1.29. The predicted octanol–water partition coefficient (Wildman–Crippen LogP) is 1.15. The molecule has 0 unspecified atom stereocenters. The highest BCUT2D eigenvalue weighted by Crippen LogP contribution is 2.29. The molecule has 0 saturated carbocycles. The van der Waals surface area contributed by atoms with Crippen molar-refractivity contribution in [2.75, 3.05) is 33.4 Å². The number of fused-ring (bicyclic) bond motifs is 5. The first kappa shape index (κ1) is 20.5. The van der Waals surface area contributed by atoms with Crippen LogP contribution in [0.25, 0.3) is 10.4 Å². The summed E-state index contributed by atoms with van der Waals surface area (Å²) in [6, 6.07) is 7.16. The molecule has 2 amide bonds. The van der Waals surface area contributed by atoms with E-state index < -0.39 is 11.8 Å². The summed E-state index contributed by atoms with van der Waals surface area (Å²) in [5.41, 5.74) is 0.596. The molecule has 152 valence electrons. The smallest absolute Gasteiger partial charge is 0.271 e. The predicted molar refractivity (Wildman–Crippen MR) is 109 cm³/mol. The first-order chi connectivity index (χ1) is 14.1. The zero-order valence-electron chi connectivity index (χ0n) is 15.8. The summed E-state index contributed by atoms with van der Waals surface area (Å²) in [5, 5.41) is 16.0. The summed E-state index contributed by atoms with van der Waals surface area (Å²) in [5.74, 6) is -0.554. The molecule has 9 nitrogen and oxygen atoms in total. The second-order valence-corrected chi connectivity index (χ2v) is 7.02. The molecular weight excluding hydrogens is 394 g/mol. The maximum atomic E-state index is 12.6. The average Bonchev–Trinajstić information content (AvgIpc) is 3.22. The van der Waals surface area contributed by atoms with Gasteiger partial charge in [0.15, 0.2) is 0 Å². The van der Waals surface area contributed by atoms with Gasteiger partial charge < -0.3 is 25.4 Å². The lowest BCUT2D eigenvalue weighted by Gasteiger charge is -2.12. The number of hydrogen-bond donors (Lipinski definition) is 4. The topological polar surface area (TPSA) is 125 Å². The first-order valence-corrected chi connectivity index (χ1v) is 9.73. The number of nitrogens with zero attached hydrogens (tertiary/aromatic N) is 1. The van der Waals surface area contributed by atoms with Crippen molar-refractivity contribution in [3.8, 4) is 16.3 Å². The fourth-order valence-corrected chi connectivity index (χ4v) is 3.41. The van der Waals surface area contributed by atoms with Crippen LogP contribution in [0.3, 0.4) is 0 Å². The fourth-order valence-electron chi connectivity index (χ4n) is 2.51. The van der Waals surface area contributed by atoms with Crippen LogP contribution in [0.4, 0.5) is 0 Å². The van der Waals surface area contributed by atoms with Crippen LogP contribution in [0.2, 0.25) is 0 Å². The molecule has 0 fully saturated rings. The van der Waals surface area contributed by atoms with Crippen LogP contribution < -0.4 is 20.7 Å². The Labute approximate surface area is 171 Å². The fraction of sp³-hybridized carbons (Fsp3) is 0.263. The number of amides is 2. The first-order valence-electron chi connectivity index (χ1n) is 8.91. The number of rotatable bonds is 1. The Bertz CT molecular complexity index is 940. The van der Waals surface area contributed by atoms with Crippen molar-refractivity contribution in [2.45, 2.75) is 0 Å². The van der Waals surface area contributed by atoms with Gasteiger partial charge in [-0.2, -0.15) is 0 Å². The van der Waals surface area contributed by atoms with E-state index in [-0.39, 0.29) is 24.6 Å². The van der Waals surface area contributed by atoms with Crippen LogP contribution in [0.15, 0.2) is 42.4 Å². The van der Waals surface area contributed by atoms with Gasteiger partial charge in [0.1, 0.15) is 12.3 Å². The second kappa shape index (κ2) is 9.80. The molecule has 3 heterocycles. The van der Waals surface area contributed by atoms with E-state index in [1.54, 1.807) is 25.4 Å². The lowest BCUT2D eigenvalue weighted by molar-refractivity contribution is -0.115. The number of pyridine rings is 1. The van der Waals surface area contributed by atoms with Crippen LogP contribution in [0.1, 0.15) is 9.67 Å². The van der Waals surface area contributed by atoms with Gasteiger partial charge in [-0.25, -0.2) is 4.98 Å². The highest BCUT2D eigenvalue weighted by Gasteiger charge is 2.19. The van der Waals surface area contributed by atoms with E-state index >= 15 is 0 Å². The normalized spacial score (nSPS) is 17.6. The van der Waals surface area contributed by atoms with E-state index in [2.05, 4.69) is 20.9 Å². The van der Waals surface area contributed by atoms with Gasteiger partial charge in [-0.15, -0.1) is 11.3 Å². The van der Waals surface area contributed by atoms with Crippen molar-refractivity contribution < 1.29 is 19.1 Å². The molecule has 0 aliphatic carbocycles. The molecule has 1 aliphatic rings. The van der Waals surface area contributed by atoms with Crippen LogP contribution in [-0.2, 0) is 9.53 Å². The highest BCUT2D eigenvalue weighted by atomic mass is 32.1. The molecule has 0 radical (unpaired) electrons. The van der Waals surface area contributed by atoms with E-state index in [1.165, 1.54) is 17.5 Å². The molecule has 0 saturated heterocycles. The van der Waals surface area contributed by atoms with Gasteiger partial charge in [0.25, 0.3) is 11.8 Å². The third kappa shape index (κ3) is 5.39. The highest BCUT2D eigenvalue weighted by molar-refractivity contribution is 7.17. The van der Waals surface area contributed by atoms with E-state index in [0.29, 0.717) is 24.0 Å². The Kier molecular flexibility index (Phi) is 6.93. The van der Waals surface area contributed by atoms with Gasteiger partial charge in [0.05, 0.1) is 23.8 Å². The molecule has 0 aromatic carbocycles. The molecule has 29 heavy (non-hydrogen) atoms. The number of carbonyl (C=O) groups excluding carboxylic acids is 2. The minimum Gasteiger partial charge on any atom is -0.475 e. The van der Waals surface area contributed by atoms with Crippen molar-refractivity contribution in [3.63, 3.8) is 0 Å². The lowest BCUT2D eigenvalue weighted by Crippen LogP contribution is -2.39. The van der Waals surface area contributed by atoms with Crippen LogP contribution in [0, 0.1) is 5.41 Å². The van der Waals surface area contributed by atoms with E-state index in [1.807, 2.05) is 12.1 Å². The molecule has 3 rings (SSSR count). The largest absolute Gasteiger partial charge is 0.475 e. The maximum Gasteiger partial charge on any atom is 0.271 e. The number of carbonyl (C=O) groups is 2. The zero-order valence-corrected chi connectivity index (χ0v) is 16.6. The number of ether oxygens (including phenoxy) is 2. The summed E-state index contributed by atoms with van der Waals surface area (Å²) in [4.78, 5) is 30.3. The molecule has 1 aliphatic heterocycles. The molecule has 4 bridgehead atoms. The number of aromatic nitrogens is 1. The minimum absolute atomic E-state index is 0.0755. The molecular formula is C19H21N5O4S. The average molecular weight is 415 g/mol. The summed E-state index contributed by atoms with van der Waals surface area (Å²) in [7, 11) is 1.62. The SMILES string of the molecule is CN/C=C1/NC(=O)c2ccc(s2)-c2ccnc(c2)OCCOCCNC(=O)C1=N. The summed E-state index contributed by atoms with van der Waals surface area (Å²) < 4.78 is 11.0. The Balaban J connectivity index is 1.88. The number of thiophene rings is 1. The van der Waals surface area contributed by atoms with Gasteiger partial charge in [0, 0.05) is 36.9 Å². The molecule has 2 aromatic rings. The standard InChI is InChI=1S/C19H21N5O4S/c1-21-11-13-17(20)19(26)23-6-7-27-8-9-28-16-10-12(4-5-22-16)14-2-3-15(29-14)18(25)24-13/h2-5,10-11,20-21H,6-9H2,1H3,(H,23,26)(H,24,25)/b13-11+,20-17?. The quantitative estimate of drug-likeness (QED) is 0.554. The molecule has 2 aromatic heterocycles. The maximum absolute atomic E-state index is 12.6. The van der Waals surface area contributed by atoms with E-state index in [9.17, 15) is 9.59 Å².